The number of anilines is 1. The van der Waals surface area contributed by atoms with Gasteiger partial charge in [0, 0.05) is 25.0 Å². The van der Waals surface area contributed by atoms with Crippen LogP contribution in [0.25, 0.3) is 5.69 Å². The molecule has 2 heterocycles. The Hall–Kier alpha value is -3.61. The van der Waals surface area contributed by atoms with E-state index in [0.717, 1.165) is 11.3 Å². The molecule has 2 amide bonds. The Bertz CT molecular complexity index is 1010. The molecule has 2 aromatic carbocycles. The van der Waals surface area contributed by atoms with Crippen molar-refractivity contribution in [3.05, 3.63) is 72.8 Å². The first kappa shape index (κ1) is 18.7. The number of imidazole rings is 1. The van der Waals surface area contributed by atoms with Gasteiger partial charge in [-0.25, -0.2) is 4.98 Å². The van der Waals surface area contributed by atoms with Crippen molar-refractivity contribution in [2.24, 2.45) is 0 Å². The van der Waals surface area contributed by atoms with Crippen LogP contribution in [0.1, 0.15) is 25.5 Å². The van der Waals surface area contributed by atoms with Crippen LogP contribution in [0, 0.1) is 0 Å². The van der Waals surface area contributed by atoms with Crippen LogP contribution in [0.5, 0.6) is 5.75 Å². The normalized spacial score (nSPS) is 16.5. The molecule has 1 aromatic heterocycles. The summed E-state index contributed by atoms with van der Waals surface area (Å²) in [7, 11) is 0. The average molecular weight is 390 g/mol. The van der Waals surface area contributed by atoms with Gasteiger partial charge in [-0.15, -0.1) is 0 Å². The summed E-state index contributed by atoms with van der Waals surface area (Å²) >= 11 is 0. The number of nitrogens with zero attached hydrogens (tertiary/aromatic N) is 3. The fourth-order valence-electron chi connectivity index (χ4n) is 3.41. The lowest BCUT2D eigenvalue weighted by Crippen LogP contribution is -2.50. The summed E-state index contributed by atoms with van der Waals surface area (Å²) in [5.74, 6) is 0.157. The van der Waals surface area contributed by atoms with E-state index in [1.165, 1.54) is 6.92 Å². The van der Waals surface area contributed by atoms with Gasteiger partial charge in [0.05, 0.1) is 24.6 Å². The van der Waals surface area contributed by atoms with Gasteiger partial charge in [-0.3, -0.25) is 9.59 Å². The molecule has 7 heteroatoms. The summed E-state index contributed by atoms with van der Waals surface area (Å²) in [5.41, 5.74) is 2.66. The summed E-state index contributed by atoms with van der Waals surface area (Å²) in [4.78, 5) is 30.5. The number of rotatable bonds is 4. The van der Waals surface area contributed by atoms with Crippen molar-refractivity contribution in [2.75, 3.05) is 11.4 Å². The van der Waals surface area contributed by atoms with Gasteiger partial charge in [0.25, 0.3) is 5.91 Å². The maximum absolute atomic E-state index is 12.8. The molecule has 1 N–H and O–H groups in total. The van der Waals surface area contributed by atoms with Gasteiger partial charge in [0.1, 0.15) is 5.75 Å². The van der Waals surface area contributed by atoms with Gasteiger partial charge in [0.15, 0.2) is 6.10 Å². The van der Waals surface area contributed by atoms with Crippen molar-refractivity contribution >= 4 is 17.5 Å². The number of nitrogens with one attached hydrogen (secondary N) is 1. The number of aromatic nitrogens is 2. The van der Waals surface area contributed by atoms with Crippen LogP contribution in [0.4, 0.5) is 5.69 Å². The Labute approximate surface area is 168 Å². The monoisotopic (exact) mass is 390 g/mol. The number of carbonyl (C=O) groups excluding carboxylic acids is 2. The summed E-state index contributed by atoms with van der Waals surface area (Å²) in [5, 5.41) is 2.99. The lowest BCUT2D eigenvalue weighted by atomic mass is 10.1. The Morgan fingerprint density at radius 1 is 1.17 bits per heavy atom. The first-order chi connectivity index (χ1) is 14.0. The van der Waals surface area contributed by atoms with Crippen LogP contribution in [0.15, 0.2) is 67.3 Å². The molecule has 0 aliphatic carbocycles. The van der Waals surface area contributed by atoms with Crippen molar-refractivity contribution in [1.29, 1.82) is 0 Å². The molecule has 0 bridgehead atoms. The quantitative estimate of drug-likeness (QED) is 0.743. The maximum atomic E-state index is 12.8. The van der Waals surface area contributed by atoms with Crippen LogP contribution in [-0.2, 0) is 9.59 Å². The van der Waals surface area contributed by atoms with Crippen molar-refractivity contribution in [3.63, 3.8) is 0 Å². The van der Waals surface area contributed by atoms with Crippen LogP contribution in [0.2, 0.25) is 0 Å². The van der Waals surface area contributed by atoms with Gasteiger partial charge >= 0.3 is 0 Å². The molecule has 29 heavy (non-hydrogen) atoms. The Morgan fingerprint density at radius 2 is 1.93 bits per heavy atom. The lowest BCUT2D eigenvalue weighted by Gasteiger charge is -2.34. The highest BCUT2D eigenvalue weighted by Gasteiger charge is 2.33. The van der Waals surface area contributed by atoms with Crippen LogP contribution < -0.4 is 15.0 Å². The number of para-hydroxylation sites is 2. The van der Waals surface area contributed by atoms with E-state index in [1.807, 2.05) is 60.2 Å². The molecule has 0 fully saturated rings. The highest BCUT2D eigenvalue weighted by Crippen LogP contribution is 2.33. The predicted octanol–water partition coefficient (Wildman–Crippen LogP) is 2.86. The van der Waals surface area contributed by atoms with Crippen molar-refractivity contribution in [2.45, 2.75) is 26.0 Å². The van der Waals surface area contributed by atoms with E-state index < -0.39 is 6.10 Å². The molecule has 0 saturated carbocycles. The first-order valence-corrected chi connectivity index (χ1v) is 9.45. The third-order valence-corrected chi connectivity index (χ3v) is 5.00. The minimum absolute atomic E-state index is 0.123. The molecule has 7 nitrogen and oxygen atoms in total. The summed E-state index contributed by atoms with van der Waals surface area (Å²) in [6, 6.07) is 14.9. The zero-order chi connectivity index (χ0) is 20.4. The number of amides is 2. The molecule has 1 aliphatic rings. The van der Waals surface area contributed by atoms with E-state index in [2.05, 4.69) is 10.3 Å². The topological polar surface area (TPSA) is 76.5 Å². The van der Waals surface area contributed by atoms with Gasteiger partial charge in [-0.2, -0.15) is 0 Å². The Morgan fingerprint density at radius 3 is 2.62 bits per heavy atom. The average Bonchev–Trinajstić information content (AvgIpc) is 3.27. The standard InChI is InChI=1S/C22H22N4O3/c1-15(17-7-9-18(10-8-17)25-12-11-23-14-25)24-22(28)21-13-26(16(2)27)19-5-3-4-6-20(19)29-21/h3-12,14-15,21H,13H2,1-2H3,(H,24,28)/t15-,21+/m1/s1. The van der Waals surface area contributed by atoms with Gasteiger partial charge < -0.3 is 19.5 Å². The summed E-state index contributed by atoms with van der Waals surface area (Å²) in [6.45, 7) is 3.59. The van der Waals surface area contributed by atoms with Crippen molar-refractivity contribution in [3.8, 4) is 11.4 Å². The van der Waals surface area contributed by atoms with Crippen LogP contribution >= 0.6 is 0 Å². The molecule has 3 aromatic rings. The van der Waals surface area contributed by atoms with Gasteiger partial charge in [-0.1, -0.05) is 24.3 Å². The molecular weight excluding hydrogens is 368 g/mol. The SMILES string of the molecule is CC(=O)N1C[C@@H](C(=O)N[C@H](C)c2ccc(-n3ccnc3)cc2)Oc2ccccc21. The number of fused-ring (bicyclic) bond motifs is 1. The number of carbonyl (C=O) groups is 2. The second-order valence-electron chi connectivity index (χ2n) is 7.00. The largest absolute Gasteiger partial charge is 0.477 e. The molecule has 148 valence electrons. The van der Waals surface area contributed by atoms with Crippen molar-refractivity contribution in [1.82, 2.24) is 14.9 Å². The number of hydrogen-bond acceptors (Lipinski definition) is 4. The number of ether oxygens (including phenoxy) is 1. The second kappa shape index (κ2) is 7.79. The zero-order valence-corrected chi connectivity index (χ0v) is 16.3. The van der Waals surface area contributed by atoms with E-state index in [0.29, 0.717) is 11.4 Å². The molecular formula is C22H22N4O3. The number of benzene rings is 2. The molecule has 4 rings (SSSR count). The highest BCUT2D eigenvalue weighted by molar-refractivity contribution is 5.95. The number of hydrogen-bond donors (Lipinski definition) is 1. The third kappa shape index (κ3) is 3.85. The van der Waals surface area contributed by atoms with Crippen molar-refractivity contribution < 1.29 is 14.3 Å². The minimum atomic E-state index is -0.763. The Balaban J connectivity index is 1.45. The summed E-state index contributed by atoms with van der Waals surface area (Å²) < 4.78 is 7.78. The van der Waals surface area contributed by atoms with E-state index in [-0.39, 0.29) is 24.4 Å². The Kier molecular flexibility index (Phi) is 5.03. The molecule has 0 spiro atoms. The van der Waals surface area contributed by atoms with E-state index >= 15 is 0 Å². The minimum Gasteiger partial charge on any atom is -0.477 e. The fourth-order valence-corrected chi connectivity index (χ4v) is 3.41. The summed E-state index contributed by atoms with van der Waals surface area (Å²) in [6.07, 6.45) is 4.57. The van der Waals surface area contributed by atoms with E-state index in [4.69, 9.17) is 4.74 Å². The second-order valence-corrected chi connectivity index (χ2v) is 7.00. The maximum Gasteiger partial charge on any atom is 0.263 e. The molecule has 1 aliphatic heterocycles. The van der Waals surface area contributed by atoms with Gasteiger partial charge in [0.2, 0.25) is 5.91 Å². The van der Waals surface area contributed by atoms with E-state index in [9.17, 15) is 9.59 Å². The van der Waals surface area contributed by atoms with E-state index in [1.54, 1.807) is 23.5 Å². The molecule has 0 unspecified atom stereocenters. The molecule has 2 atom stereocenters. The molecule has 0 radical (unpaired) electrons. The predicted molar refractivity (Wildman–Crippen MR) is 109 cm³/mol. The fraction of sp³-hybridized carbons (Fsp3) is 0.227. The van der Waals surface area contributed by atoms with Crippen LogP contribution in [-0.4, -0.2) is 34.0 Å². The highest BCUT2D eigenvalue weighted by atomic mass is 16.5. The lowest BCUT2D eigenvalue weighted by molar-refractivity contribution is -0.129. The first-order valence-electron chi connectivity index (χ1n) is 9.45. The van der Waals surface area contributed by atoms with Gasteiger partial charge in [-0.05, 0) is 36.8 Å². The zero-order valence-electron chi connectivity index (χ0n) is 16.3. The molecule has 0 saturated heterocycles. The third-order valence-electron chi connectivity index (χ3n) is 5.00. The van der Waals surface area contributed by atoms with Crippen LogP contribution in [0.3, 0.4) is 0 Å². The smallest absolute Gasteiger partial charge is 0.263 e.